The van der Waals surface area contributed by atoms with Gasteiger partial charge in [0, 0.05) is 17.0 Å². The van der Waals surface area contributed by atoms with Gasteiger partial charge in [0.25, 0.3) is 5.91 Å². The van der Waals surface area contributed by atoms with Gasteiger partial charge in [-0.1, -0.05) is 23.3 Å². The summed E-state index contributed by atoms with van der Waals surface area (Å²) >= 11 is 5.93. The molecule has 120 valence electrons. The molecule has 0 bridgehead atoms. The Morgan fingerprint density at radius 1 is 1.26 bits per heavy atom. The first kappa shape index (κ1) is 15.8. The molecule has 0 spiro atoms. The first-order valence-electron chi connectivity index (χ1n) is 7.83. The average Bonchev–Trinajstić information content (AvgIpc) is 2.55. The molecule has 0 saturated carbocycles. The van der Waals surface area contributed by atoms with Crippen molar-refractivity contribution in [1.82, 2.24) is 5.32 Å². The first-order valence-corrected chi connectivity index (χ1v) is 8.21. The van der Waals surface area contributed by atoms with Gasteiger partial charge in [0.1, 0.15) is 11.1 Å². The van der Waals surface area contributed by atoms with Crippen LogP contribution in [0.4, 0.5) is 0 Å². The van der Waals surface area contributed by atoms with E-state index in [2.05, 4.69) is 11.4 Å². The monoisotopic (exact) mass is 331 g/mol. The minimum absolute atomic E-state index is 0.0115. The summed E-state index contributed by atoms with van der Waals surface area (Å²) in [4.78, 5) is 24.2. The summed E-state index contributed by atoms with van der Waals surface area (Å²) < 4.78 is 5.18. The van der Waals surface area contributed by atoms with Crippen molar-refractivity contribution in [1.29, 1.82) is 0 Å². The van der Waals surface area contributed by atoms with Crippen LogP contribution in [-0.2, 0) is 0 Å². The van der Waals surface area contributed by atoms with E-state index in [9.17, 15) is 9.59 Å². The van der Waals surface area contributed by atoms with Crippen molar-refractivity contribution in [2.75, 3.05) is 6.54 Å². The summed E-state index contributed by atoms with van der Waals surface area (Å²) in [5.74, 6) is -0.406. The third-order valence-electron chi connectivity index (χ3n) is 4.06. The van der Waals surface area contributed by atoms with Crippen molar-refractivity contribution in [2.24, 2.45) is 0 Å². The maximum absolute atomic E-state index is 12.2. The number of benzene rings is 1. The first-order chi connectivity index (χ1) is 11.1. The van der Waals surface area contributed by atoms with Crippen LogP contribution in [-0.4, -0.2) is 12.5 Å². The second kappa shape index (κ2) is 7.01. The highest BCUT2D eigenvalue weighted by atomic mass is 35.5. The van der Waals surface area contributed by atoms with Crippen LogP contribution in [0.5, 0.6) is 0 Å². The summed E-state index contributed by atoms with van der Waals surface area (Å²) in [7, 11) is 0. The van der Waals surface area contributed by atoms with E-state index in [0.29, 0.717) is 22.5 Å². The number of nitrogens with one attached hydrogen (secondary N) is 1. The lowest BCUT2D eigenvalue weighted by Gasteiger charge is -2.12. The Bertz CT molecular complexity index is 823. The van der Waals surface area contributed by atoms with Crippen LogP contribution >= 0.6 is 11.6 Å². The lowest BCUT2D eigenvalue weighted by atomic mass is 9.97. The van der Waals surface area contributed by atoms with Crippen LogP contribution in [0, 0.1) is 0 Å². The number of hydrogen-bond donors (Lipinski definition) is 1. The Morgan fingerprint density at radius 3 is 2.91 bits per heavy atom. The summed E-state index contributed by atoms with van der Waals surface area (Å²) in [6.45, 7) is 0.525. The van der Waals surface area contributed by atoms with Crippen LogP contribution in [0.15, 0.2) is 45.1 Å². The van der Waals surface area contributed by atoms with Gasteiger partial charge in [0.2, 0.25) is 0 Å². The summed E-state index contributed by atoms with van der Waals surface area (Å²) in [6, 6.07) is 6.46. The zero-order chi connectivity index (χ0) is 16.2. The molecule has 4 nitrogen and oxygen atoms in total. The molecule has 1 amide bonds. The molecule has 1 N–H and O–H groups in total. The number of hydrogen-bond acceptors (Lipinski definition) is 3. The zero-order valence-corrected chi connectivity index (χ0v) is 13.5. The Labute approximate surface area is 139 Å². The fraction of sp³-hybridized carbons (Fsp3) is 0.333. The summed E-state index contributed by atoms with van der Waals surface area (Å²) in [5, 5.41) is 3.96. The number of rotatable bonds is 4. The molecule has 0 saturated heterocycles. The van der Waals surface area contributed by atoms with E-state index in [1.807, 2.05) is 0 Å². The molecule has 0 unspecified atom stereocenters. The normalized spacial score (nSPS) is 14.6. The average molecular weight is 332 g/mol. The number of allylic oxidation sites excluding steroid dienone is 1. The van der Waals surface area contributed by atoms with Gasteiger partial charge in [-0.05, 0) is 56.4 Å². The van der Waals surface area contributed by atoms with Gasteiger partial charge in [-0.3, -0.25) is 4.79 Å². The van der Waals surface area contributed by atoms with Crippen LogP contribution < -0.4 is 10.9 Å². The highest BCUT2D eigenvalue weighted by Gasteiger charge is 2.14. The van der Waals surface area contributed by atoms with E-state index >= 15 is 0 Å². The van der Waals surface area contributed by atoms with Crippen molar-refractivity contribution >= 4 is 28.5 Å². The predicted molar refractivity (Wildman–Crippen MR) is 91.0 cm³/mol. The zero-order valence-electron chi connectivity index (χ0n) is 12.7. The van der Waals surface area contributed by atoms with Crippen LogP contribution in [0.2, 0.25) is 5.02 Å². The Balaban J connectivity index is 1.71. The molecule has 0 radical (unpaired) electrons. The van der Waals surface area contributed by atoms with Gasteiger partial charge in [0.05, 0.1) is 0 Å². The molecular weight excluding hydrogens is 314 g/mol. The van der Waals surface area contributed by atoms with E-state index in [1.54, 1.807) is 18.2 Å². The number of carbonyl (C=O) groups excluding carboxylic acids is 1. The SMILES string of the molecule is O=C(NCCC1=CCCCC1)c1cc2cc(Cl)ccc2oc1=O. The minimum atomic E-state index is -0.630. The molecule has 5 heteroatoms. The minimum Gasteiger partial charge on any atom is -0.422 e. The van der Waals surface area contributed by atoms with Crippen LogP contribution in [0.3, 0.4) is 0 Å². The van der Waals surface area contributed by atoms with Crippen molar-refractivity contribution in [3.63, 3.8) is 0 Å². The maximum atomic E-state index is 12.2. The van der Waals surface area contributed by atoms with E-state index in [1.165, 1.54) is 24.5 Å². The van der Waals surface area contributed by atoms with Gasteiger partial charge in [-0.15, -0.1) is 0 Å². The standard InChI is InChI=1S/C18H18ClNO3/c19-14-6-7-16-13(10-14)11-15(18(22)23-16)17(21)20-9-8-12-4-2-1-3-5-12/h4,6-7,10-11H,1-3,5,8-9H2,(H,20,21). The Hall–Kier alpha value is -2.07. The second-order valence-electron chi connectivity index (χ2n) is 5.74. The van der Waals surface area contributed by atoms with Crippen molar-refractivity contribution in [2.45, 2.75) is 32.1 Å². The number of carbonyl (C=O) groups is 1. The molecule has 2 aromatic rings. The number of halogens is 1. The molecule has 0 aliphatic heterocycles. The van der Waals surface area contributed by atoms with Gasteiger partial charge < -0.3 is 9.73 Å². The summed E-state index contributed by atoms with van der Waals surface area (Å²) in [5.41, 5.74) is 1.18. The number of fused-ring (bicyclic) bond motifs is 1. The molecule has 0 atom stereocenters. The smallest absolute Gasteiger partial charge is 0.349 e. The predicted octanol–water partition coefficient (Wildman–Crippen LogP) is 4.07. The molecule has 1 heterocycles. The van der Waals surface area contributed by atoms with Crippen LogP contribution in [0.1, 0.15) is 42.5 Å². The number of amides is 1. The van der Waals surface area contributed by atoms with Gasteiger partial charge >= 0.3 is 5.63 Å². The molecule has 1 aromatic heterocycles. The topological polar surface area (TPSA) is 59.3 Å². The Morgan fingerprint density at radius 2 is 2.13 bits per heavy atom. The lowest BCUT2D eigenvalue weighted by Crippen LogP contribution is -2.29. The molecule has 23 heavy (non-hydrogen) atoms. The Kier molecular flexibility index (Phi) is 4.82. The van der Waals surface area contributed by atoms with Crippen molar-refractivity contribution in [3.05, 3.63) is 56.9 Å². The van der Waals surface area contributed by atoms with E-state index < -0.39 is 11.5 Å². The van der Waals surface area contributed by atoms with E-state index in [0.717, 1.165) is 19.3 Å². The molecule has 1 aliphatic rings. The lowest BCUT2D eigenvalue weighted by molar-refractivity contribution is 0.0950. The van der Waals surface area contributed by atoms with Gasteiger partial charge in [0.15, 0.2) is 0 Å². The molecule has 3 rings (SSSR count). The van der Waals surface area contributed by atoms with Crippen LogP contribution in [0.25, 0.3) is 11.0 Å². The highest BCUT2D eigenvalue weighted by Crippen LogP contribution is 2.20. The highest BCUT2D eigenvalue weighted by molar-refractivity contribution is 6.31. The van der Waals surface area contributed by atoms with Gasteiger partial charge in [-0.2, -0.15) is 0 Å². The fourth-order valence-electron chi connectivity index (χ4n) is 2.82. The summed E-state index contributed by atoms with van der Waals surface area (Å²) in [6.07, 6.45) is 7.77. The van der Waals surface area contributed by atoms with Crippen molar-refractivity contribution < 1.29 is 9.21 Å². The quantitative estimate of drug-likeness (QED) is 0.678. The third-order valence-corrected chi connectivity index (χ3v) is 4.29. The second-order valence-corrected chi connectivity index (χ2v) is 6.18. The van der Waals surface area contributed by atoms with E-state index in [-0.39, 0.29) is 5.56 Å². The van der Waals surface area contributed by atoms with Crippen molar-refractivity contribution in [3.8, 4) is 0 Å². The van der Waals surface area contributed by atoms with E-state index in [4.69, 9.17) is 16.0 Å². The molecule has 0 fully saturated rings. The molecule has 1 aromatic carbocycles. The fourth-order valence-corrected chi connectivity index (χ4v) is 3.00. The largest absolute Gasteiger partial charge is 0.422 e. The molecule has 1 aliphatic carbocycles. The molecular formula is C18H18ClNO3. The van der Waals surface area contributed by atoms with Gasteiger partial charge in [-0.25, -0.2) is 4.79 Å². The maximum Gasteiger partial charge on any atom is 0.349 e. The third kappa shape index (κ3) is 3.82.